The molecule has 2 aliphatic carbocycles. The Hall–Kier alpha value is -2.04. The highest BCUT2D eigenvalue weighted by Gasteiger charge is 2.47. The molecule has 1 aromatic rings. The van der Waals surface area contributed by atoms with E-state index in [1.54, 1.807) is 24.3 Å². The Morgan fingerprint density at radius 3 is 2.00 bits per heavy atom. The number of primary amides is 1. The van der Waals surface area contributed by atoms with Crippen LogP contribution in [0.2, 0.25) is 0 Å². The number of carbonyl (C=O) groups excluding carboxylic acids is 2. The van der Waals surface area contributed by atoms with Crippen LogP contribution in [0.5, 0.6) is 0 Å². The van der Waals surface area contributed by atoms with E-state index < -0.39 is 6.03 Å². The van der Waals surface area contributed by atoms with Gasteiger partial charge >= 0.3 is 6.03 Å². The molecular weight excluding hydrogens is 242 g/mol. The molecule has 2 aliphatic rings. The average molecular weight is 259 g/mol. The van der Waals surface area contributed by atoms with E-state index in [4.69, 9.17) is 5.73 Å². The zero-order valence-corrected chi connectivity index (χ0v) is 10.6. The van der Waals surface area contributed by atoms with Gasteiger partial charge < -0.3 is 16.4 Å². The van der Waals surface area contributed by atoms with E-state index in [1.165, 1.54) is 6.42 Å². The number of anilines is 2. The first-order valence-electron chi connectivity index (χ1n) is 6.59. The Morgan fingerprint density at radius 2 is 1.47 bits per heavy atom. The number of nitrogens with one attached hydrogen (secondary N) is 2. The van der Waals surface area contributed by atoms with Gasteiger partial charge in [-0.05, 0) is 55.4 Å². The second kappa shape index (κ2) is 4.57. The van der Waals surface area contributed by atoms with E-state index in [9.17, 15) is 9.59 Å². The van der Waals surface area contributed by atoms with Gasteiger partial charge in [0.15, 0.2) is 0 Å². The summed E-state index contributed by atoms with van der Waals surface area (Å²) in [5, 5.41) is 5.40. The van der Waals surface area contributed by atoms with E-state index in [0.717, 1.165) is 30.4 Å². The van der Waals surface area contributed by atoms with Gasteiger partial charge in [-0.3, -0.25) is 4.79 Å². The quantitative estimate of drug-likeness (QED) is 0.777. The first-order valence-corrected chi connectivity index (χ1v) is 6.59. The molecule has 3 rings (SSSR count). The minimum Gasteiger partial charge on any atom is -0.351 e. The van der Waals surface area contributed by atoms with Crippen molar-refractivity contribution in [3.05, 3.63) is 24.3 Å². The highest BCUT2D eigenvalue weighted by Crippen LogP contribution is 2.54. The number of urea groups is 1. The van der Waals surface area contributed by atoms with Crippen molar-refractivity contribution in [3.63, 3.8) is 0 Å². The molecule has 0 saturated heterocycles. The minimum absolute atomic E-state index is 0.114. The summed E-state index contributed by atoms with van der Waals surface area (Å²) in [5.41, 5.74) is 6.39. The number of hydrogen-bond donors (Lipinski definition) is 3. The molecule has 5 heteroatoms. The molecule has 2 saturated carbocycles. The van der Waals surface area contributed by atoms with Gasteiger partial charge in [-0.1, -0.05) is 0 Å². The molecule has 2 unspecified atom stereocenters. The van der Waals surface area contributed by atoms with Crippen molar-refractivity contribution in [2.75, 3.05) is 10.6 Å². The van der Waals surface area contributed by atoms with E-state index in [-0.39, 0.29) is 11.8 Å². The number of amides is 3. The highest BCUT2D eigenvalue weighted by atomic mass is 16.2. The van der Waals surface area contributed by atoms with Crippen molar-refractivity contribution in [1.82, 2.24) is 0 Å². The van der Waals surface area contributed by atoms with E-state index in [2.05, 4.69) is 10.6 Å². The Labute approximate surface area is 111 Å². The second-order valence-electron chi connectivity index (χ2n) is 5.48. The summed E-state index contributed by atoms with van der Waals surface area (Å²) in [6.45, 7) is 0. The van der Waals surface area contributed by atoms with E-state index in [1.807, 2.05) is 0 Å². The van der Waals surface area contributed by atoms with Gasteiger partial charge in [0.05, 0.1) is 0 Å². The topological polar surface area (TPSA) is 84.2 Å². The molecule has 2 atom stereocenters. The van der Waals surface area contributed by atoms with Crippen molar-refractivity contribution in [2.45, 2.75) is 19.3 Å². The molecule has 0 heterocycles. The minimum atomic E-state index is -0.595. The van der Waals surface area contributed by atoms with Crippen molar-refractivity contribution in [3.8, 4) is 0 Å². The SMILES string of the molecule is NC(=O)Nc1ccc(NC(=O)C2CC3CC3C2)cc1. The monoisotopic (exact) mass is 259 g/mol. The molecular formula is C14H17N3O2. The number of rotatable bonds is 3. The van der Waals surface area contributed by atoms with Crippen molar-refractivity contribution >= 4 is 23.3 Å². The summed E-state index contributed by atoms with van der Waals surface area (Å²) in [6, 6.07) is 6.36. The third kappa shape index (κ3) is 2.70. The summed E-state index contributed by atoms with van der Waals surface area (Å²) in [7, 11) is 0. The molecule has 100 valence electrons. The summed E-state index contributed by atoms with van der Waals surface area (Å²) >= 11 is 0. The summed E-state index contributed by atoms with van der Waals surface area (Å²) in [6.07, 6.45) is 3.40. The fraction of sp³-hybridized carbons (Fsp3) is 0.429. The zero-order valence-electron chi connectivity index (χ0n) is 10.6. The fourth-order valence-corrected chi connectivity index (χ4v) is 2.95. The summed E-state index contributed by atoms with van der Waals surface area (Å²) in [5.74, 6) is 1.89. The van der Waals surface area contributed by atoms with Gasteiger partial charge in [-0.15, -0.1) is 0 Å². The second-order valence-corrected chi connectivity index (χ2v) is 5.48. The van der Waals surface area contributed by atoms with Crippen LogP contribution in [0.1, 0.15) is 19.3 Å². The van der Waals surface area contributed by atoms with Crippen LogP contribution < -0.4 is 16.4 Å². The third-order valence-electron chi connectivity index (χ3n) is 4.03. The van der Waals surface area contributed by atoms with Crippen molar-refractivity contribution < 1.29 is 9.59 Å². The lowest BCUT2D eigenvalue weighted by Gasteiger charge is -2.12. The first kappa shape index (κ1) is 12.0. The Kier molecular flexibility index (Phi) is 2.89. The van der Waals surface area contributed by atoms with Crippen LogP contribution in [0.3, 0.4) is 0 Å². The summed E-state index contributed by atoms with van der Waals surface area (Å²) < 4.78 is 0. The molecule has 1 aromatic carbocycles. The standard InChI is InChI=1S/C14H17N3O2/c15-14(19)17-12-3-1-11(2-4-12)16-13(18)10-6-8-5-9(8)7-10/h1-4,8-10H,5-7H2,(H,16,18)(H3,15,17,19). The average Bonchev–Trinajstić information content (AvgIpc) is 2.98. The van der Waals surface area contributed by atoms with Gasteiger partial charge in [0.25, 0.3) is 0 Å². The van der Waals surface area contributed by atoms with Gasteiger partial charge in [-0.25, -0.2) is 4.79 Å². The largest absolute Gasteiger partial charge is 0.351 e. The van der Waals surface area contributed by atoms with Crippen LogP contribution in [0.4, 0.5) is 16.2 Å². The number of fused-ring (bicyclic) bond motifs is 1. The van der Waals surface area contributed by atoms with Crippen LogP contribution in [-0.2, 0) is 4.79 Å². The number of nitrogens with two attached hydrogens (primary N) is 1. The van der Waals surface area contributed by atoms with Gasteiger partial charge in [0.2, 0.25) is 5.91 Å². The molecule has 0 spiro atoms. The van der Waals surface area contributed by atoms with Crippen LogP contribution in [0, 0.1) is 17.8 Å². The normalized spacial score (nSPS) is 27.5. The lowest BCUT2D eigenvalue weighted by Crippen LogP contribution is -2.21. The van der Waals surface area contributed by atoms with Crippen LogP contribution in [0.15, 0.2) is 24.3 Å². The molecule has 0 aromatic heterocycles. The molecule has 0 aliphatic heterocycles. The van der Waals surface area contributed by atoms with Crippen LogP contribution in [0.25, 0.3) is 0 Å². The first-order chi connectivity index (χ1) is 9.11. The van der Waals surface area contributed by atoms with Crippen molar-refractivity contribution in [2.24, 2.45) is 23.5 Å². The maximum atomic E-state index is 12.0. The number of benzene rings is 1. The van der Waals surface area contributed by atoms with Crippen LogP contribution in [-0.4, -0.2) is 11.9 Å². The molecule has 5 nitrogen and oxygen atoms in total. The third-order valence-corrected chi connectivity index (χ3v) is 4.03. The lowest BCUT2D eigenvalue weighted by molar-refractivity contribution is -0.120. The maximum absolute atomic E-state index is 12.0. The predicted molar refractivity (Wildman–Crippen MR) is 72.6 cm³/mol. The van der Waals surface area contributed by atoms with E-state index >= 15 is 0 Å². The predicted octanol–water partition coefficient (Wildman–Crippen LogP) is 2.16. The Bertz CT molecular complexity index is 502. The molecule has 0 radical (unpaired) electrons. The highest BCUT2D eigenvalue weighted by molar-refractivity contribution is 5.93. The molecule has 4 N–H and O–H groups in total. The maximum Gasteiger partial charge on any atom is 0.316 e. The van der Waals surface area contributed by atoms with Gasteiger partial charge in [0, 0.05) is 17.3 Å². The molecule has 19 heavy (non-hydrogen) atoms. The number of carbonyl (C=O) groups is 2. The molecule has 3 amide bonds. The molecule has 2 fully saturated rings. The Morgan fingerprint density at radius 1 is 0.947 bits per heavy atom. The fourth-order valence-electron chi connectivity index (χ4n) is 2.95. The zero-order chi connectivity index (χ0) is 13.4. The van der Waals surface area contributed by atoms with Crippen molar-refractivity contribution in [1.29, 1.82) is 0 Å². The van der Waals surface area contributed by atoms with E-state index in [0.29, 0.717) is 5.69 Å². The van der Waals surface area contributed by atoms with Crippen LogP contribution >= 0.6 is 0 Å². The number of hydrogen-bond acceptors (Lipinski definition) is 2. The summed E-state index contributed by atoms with van der Waals surface area (Å²) in [4.78, 5) is 22.7. The lowest BCUT2D eigenvalue weighted by atomic mass is 10.0. The smallest absolute Gasteiger partial charge is 0.316 e. The molecule has 0 bridgehead atoms. The van der Waals surface area contributed by atoms with Gasteiger partial charge in [0.1, 0.15) is 0 Å². The van der Waals surface area contributed by atoms with Gasteiger partial charge in [-0.2, -0.15) is 0 Å². The Balaban J connectivity index is 1.57.